The first-order valence-corrected chi connectivity index (χ1v) is 8.62. The number of aliphatic imine (C=N–C) groups is 1. The molecule has 0 fully saturated rings. The zero-order valence-corrected chi connectivity index (χ0v) is 15.1. The molecule has 4 nitrogen and oxygen atoms in total. The average Bonchev–Trinajstić information content (AvgIpc) is 2.68. The Labute approximate surface area is 149 Å². The molecule has 1 heterocycles. The summed E-state index contributed by atoms with van der Waals surface area (Å²) >= 11 is 0. The Kier molecular flexibility index (Phi) is 5.59. The van der Waals surface area contributed by atoms with E-state index < -0.39 is 0 Å². The Morgan fingerprint density at radius 1 is 0.960 bits per heavy atom. The molecule has 0 spiro atoms. The highest BCUT2D eigenvalue weighted by molar-refractivity contribution is 6.01. The van der Waals surface area contributed by atoms with Crippen LogP contribution in [0.15, 0.2) is 47.5 Å². The summed E-state index contributed by atoms with van der Waals surface area (Å²) < 4.78 is 16.3. The van der Waals surface area contributed by atoms with E-state index in [0.717, 1.165) is 25.8 Å². The normalized spacial score (nSPS) is 16.9. The molecule has 4 heteroatoms. The third kappa shape index (κ3) is 3.95. The van der Waals surface area contributed by atoms with Gasteiger partial charge >= 0.3 is 0 Å². The van der Waals surface area contributed by atoms with Crippen molar-refractivity contribution < 1.29 is 14.2 Å². The third-order valence-corrected chi connectivity index (χ3v) is 4.68. The molecule has 3 rings (SSSR count). The first-order valence-electron chi connectivity index (χ1n) is 8.62. The Balaban J connectivity index is 1.78. The second-order valence-electron chi connectivity index (χ2n) is 6.29. The van der Waals surface area contributed by atoms with Crippen LogP contribution in [0.1, 0.15) is 24.0 Å². The third-order valence-electron chi connectivity index (χ3n) is 4.68. The molecule has 2 aromatic carbocycles. The summed E-state index contributed by atoms with van der Waals surface area (Å²) in [4.78, 5) is 4.73. The van der Waals surface area contributed by atoms with E-state index in [-0.39, 0.29) is 0 Å². The lowest BCUT2D eigenvalue weighted by Crippen LogP contribution is -2.19. The van der Waals surface area contributed by atoms with Crippen LogP contribution in [-0.4, -0.2) is 33.6 Å². The van der Waals surface area contributed by atoms with Gasteiger partial charge in [-0.05, 0) is 48.4 Å². The number of benzene rings is 2. The molecule has 0 aliphatic carbocycles. The van der Waals surface area contributed by atoms with Crippen molar-refractivity contribution in [3.63, 3.8) is 0 Å². The monoisotopic (exact) mass is 339 g/mol. The maximum atomic E-state index is 5.47. The fraction of sp³-hybridized carbons (Fsp3) is 0.381. The second-order valence-corrected chi connectivity index (χ2v) is 6.29. The van der Waals surface area contributed by atoms with E-state index in [1.807, 2.05) is 6.07 Å². The van der Waals surface area contributed by atoms with Crippen LogP contribution in [0.4, 0.5) is 0 Å². The van der Waals surface area contributed by atoms with E-state index in [1.165, 1.54) is 16.8 Å². The van der Waals surface area contributed by atoms with Gasteiger partial charge in [-0.15, -0.1) is 0 Å². The Morgan fingerprint density at radius 2 is 1.64 bits per heavy atom. The Morgan fingerprint density at radius 3 is 2.24 bits per heavy atom. The van der Waals surface area contributed by atoms with Crippen molar-refractivity contribution in [2.75, 3.05) is 27.9 Å². The van der Waals surface area contributed by atoms with E-state index in [4.69, 9.17) is 19.2 Å². The summed E-state index contributed by atoms with van der Waals surface area (Å²) in [7, 11) is 4.94. The molecule has 1 aliphatic heterocycles. The molecule has 0 N–H and O–H groups in total. The molecule has 25 heavy (non-hydrogen) atoms. The molecule has 0 saturated heterocycles. The predicted molar refractivity (Wildman–Crippen MR) is 100 cm³/mol. The van der Waals surface area contributed by atoms with Gasteiger partial charge in [0.1, 0.15) is 0 Å². The van der Waals surface area contributed by atoms with Crippen LogP contribution in [0.5, 0.6) is 17.2 Å². The molecular weight excluding hydrogens is 314 g/mol. The molecule has 132 valence electrons. The van der Waals surface area contributed by atoms with E-state index in [0.29, 0.717) is 23.2 Å². The van der Waals surface area contributed by atoms with Crippen LogP contribution in [0, 0.1) is 5.92 Å². The summed E-state index contributed by atoms with van der Waals surface area (Å²) in [5.74, 6) is 2.63. The highest BCUT2D eigenvalue weighted by Gasteiger charge is 2.20. The zero-order valence-electron chi connectivity index (χ0n) is 15.1. The number of hydrogen-bond donors (Lipinski definition) is 0. The molecule has 0 radical (unpaired) electrons. The number of rotatable bonds is 6. The van der Waals surface area contributed by atoms with Crippen LogP contribution < -0.4 is 14.2 Å². The molecule has 0 aromatic heterocycles. The van der Waals surface area contributed by atoms with Gasteiger partial charge in [-0.25, -0.2) is 0 Å². The topological polar surface area (TPSA) is 40.0 Å². The van der Waals surface area contributed by atoms with Crippen LogP contribution in [0.3, 0.4) is 0 Å². The Hall–Kier alpha value is -2.49. The largest absolute Gasteiger partial charge is 0.493 e. The maximum absolute atomic E-state index is 5.47. The summed E-state index contributed by atoms with van der Waals surface area (Å²) in [6.07, 6.45) is 3.08. The van der Waals surface area contributed by atoms with Gasteiger partial charge in [0.05, 0.1) is 21.3 Å². The van der Waals surface area contributed by atoms with Crippen molar-refractivity contribution in [2.45, 2.75) is 19.3 Å². The van der Waals surface area contributed by atoms with Gasteiger partial charge < -0.3 is 14.2 Å². The predicted octanol–water partition coefficient (Wildman–Crippen LogP) is 4.15. The van der Waals surface area contributed by atoms with Crippen molar-refractivity contribution in [3.8, 4) is 17.2 Å². The lowest BCUT2D eigenvalue weighted by molar-refractivity contribution is 0.323. The quantitative estimate of drug-likeness (QED) is 0.793. The molecule has 2 aromatic rings. The van der Waals surface area contributed by atoms with Crippen LogP contribution in [0.25, 0.3) is 0 Å². The number of nitrogens with zero attached hydrogens (tertiary/aromatic N) is 1. The molecule has 1 aliphatic rings. The van der Waals surface area contributed by atoms with E-state index >= 15 is 0 Å². The van der Waals surface area contributed by atoms with Gasteiger partial charge in [0, 0.05) is 12.3 Å². The van der Waals surface area contributed by atoms with E-state index in [1.54, 1.807) is 21.3 Å². The lowest BCUT2D eigenvalue weighted by atomic mass is 9.87. The molecule has 0 saturated carbocycles. The van der Waals surface area contributed by atoms with Gasteiger partial charge in [-0.1, -0.05) is 30.3 Å². The van der Waals surface area contributed by atoms with Crippen molar-refractivity contribution in [3.05, 3.63) is 53.6 Å². The van der Waals surface area contributed by atoms with E-state index in [9.17, 15) is 0 Å². The van der Waals surface area contributed by atoms with E-state index in [2.05, 4.69) is 36.4 Å². The number of hydrogen-bond acceptors (Lipinski definition) is 4. The minimum absolute atomic E-state index is 0.565. The standard InChI is InChI=1S/C21H25NO3/c1-23-19-13-16(14-20(24-2)21(19)25-3)11-15-9-10-22-18(12-15)17-7-5-4-6-8-17/h4-8,13-15H,9-12H2,1-3H3. The van der Waals surface area contributed by atoms with Crippen molar-refractivity contribution >= 4 is 5.71 Å². The highest BCUT2D eigenvalue weighted by Crippen LogP contribution is 2.39. The SMILES string of the molecule is COc1cc(CC2CCN=C(c3ccccc3)C2)cc(OC)c1OC. The smallest absolute Gasteiger partial charge is 0.203 e. The number of ether oxygens (including phenoxy) is 3. The molecule has 1 atom stereocenters. The highest BCUT2D eigenvalue weighted by atomic mass is 16.5. The summed E-state index contributed by atoms with van der Waals surface area (Å²) in [5, 5.41) is 0. The zero-order chi connectivity index (χ0) is 17.6. The molecule has 0 bridgehead atoms. The van der Waals surface area contributed by atoms with Gasteiger partial charge in [-0.2, -0.15) is 0 Å². The summed E-state index contributed by atoms with van der Waals surface area (Å²) in [5.41, 5.74) is 3.65. The lowest BCUT2D eigenvalue weighted by Gasteiger charge is -2.23. The summed E-state index contributed by atoms with van der Waals surface area (Å²) in [6.45, 7) is 0.888. The van der Waals surface area contributed by atoms with Gasteiger partial charge in [-0.3, -0.25) is 4.99 Å². The fourth-order valence-corrected chi connectivity index (χ4v) is 3.42. The molecule has 1 unspecified atom stereocenters. The minimum atomic E-state index is 0.565. The first-order chi connectivity index (χ1) is 12.2. The van der Waals surface area contributed by atoms with Gasteiger partial charge in [0.2, 0.25) is 5.75 Å². The molecule has 0 amide bonds. The molecular formula is C21H25NO3. The Bertz CT molecular complexity index is 715. The van der Waals surface area contributed by atoms with Crippen LogP contribution in [-0.2, 0) is 6.42 Å². The van der Waals surface area contributed by atoms with Gasteiger partial charge in [0.25, 0.3) is 0 Å². The summed E-state index contributed by atoms with van der Waals surface area (Å²) in [6, 6.07) is 14.6. The maximum Gasteiger partial charge on any atom is 0.203 e. The van der Waals surface area contributed by atoms with Crippen molar-refractivity contribution in [1.82, 2.24) is 0 Å². The minimum Gasteiger partial charge on any atom is -0.493 e. The van der Waals surface area contributed by atoms with Crippen LogP contribution in [0.2, 0.25) is 0 Å². The number of methoxy groups -OCH3 is 3. The van der Waals surface area contributed by atoms with Crippen molar-refractivity contribution in [1.29, 1.82) is 0 Å². The second kappa shape index (κ2) is 8.06. The van der Waals surface area contributed by atoms with Crippen LogP contribution >= 0.6 is 0 Å². The first kappa shape index (κ1) is 17.3. The van der Waals surface area contributed by atoms with Gasteiger partial charge in [0.15, 0.2) is 11.5 Å². The average molecular weight is 339 g/mol. The fourth-order valence-electron chi connectivity index (χ4n) is 3.42. The van der Waals surface area contributed by atoms with Crippen molar-refractivity contribution in [2.24, 2.45) is 10.9 Å².